The number of ketones is 1. The second-order valence-electron chi connectivity index (χ2n) is 9.22. The largest absolute Gasteiger partial charge is 0.403 e. The summed E-state index contributed by atoms with van der Waals surface area (Å²) in [5.41, 5.74) is -0.284. The fourth-order valence-corrected chi connectivity index (χ4v) is 4.26. The van der Waals surface area contributed by atoms with Gasteiger partial charge in [-0.1, -0.05) is 39.0 Å². The highest BCUT2D eigenvalue weighted by atomic mass is 28.4. The lowest BCUT2D eigenvalue weighted by molar-refractivity contribution is -0.127. The Kier molecular flexibility index (Phi) is 6.79. The molecule has 1 aromatic heterocycles. The average Bonchev–Trinajstić information content (AvgIpc) is 3.03. The van der Waals surface area contributed by atoms with Crippen LogP contribution in [0.25, 0.3) is 0 Å². The highest BCUT2D eigenvalue weighted by Gasteiger charge is 2.50. The number of rotatable bonds is 6. The maximum Gasteiger partial charge on any atom is 0.351 e. The average molecular weight is 460 g/mol. The highest BCUT2D eigenvalue weighted by molar-refractivity contribution is 6.74. The quantitative estimate of drug-likeness (QED) is 0.636. The number of aromatic nitrogens is 2. The van der Waals surface area contributed by atoms with Crippen LogP contribution in [0.4, 0.5) is 5.82 Å². The third-order valence-corrected chi connectivity index (χ3v) is 10.4. The van der Waals surface area contributed by atoms with E-state index >= 15 is 0 Å². The number of Topliss-reactive ketones (excluding diaryl/α,β-unsaturated/α-hetero) is 1. The second kappa shape index (κ2) is 9.06. The van der Waals surface area contributed by atoms with Crippen molar-refractivity contribution in [2.45, 2.75) is 57.3 Å². The van der Waals surface area contributed by atoms with Crippen molar-refractivity contribution in [2.75, 3.05) is 11.9 Å². The van der Waals surface area contributed by atoms with Crippen molar-refractivity contribution in [3.63, 3.8) is 0 Å². The van der Waals surface area contributed by atoms with Gasteiger partial charge in [-0.3, -0.25) is 14.2 Å². The van der Waals surface area contributed by atoms with Gasteiger partial charge in [-0.05, 0) is 36.3 Å². The lowest BCUT2D eigenvalue weighted by Gasteiger charge is -2.38. The van der Waals surface area contributed by atoms with E-state index in [0.29, 0.717) is 5.56 Å². The molecule has 1 aliphatic rings. The van der Waals surface area contributed by atoms with Crippen molar-refractivity contribution < 1.29 is 23.9 Å². The summed E-state index contributed by atoms with van der Waals surface area (Å²) in [5, 5.41) is 12.0. The molecule has 3 unspecified atom stereocenters. The van der Waals surface area contributed by atoms with Crippen LogP contribution in [0.5, 0.6) is 0 Å². The third kappa shape index (κ3) is 4.88. The van der Waals surface area contributed by atoms with Crippen molar-refractivity contribution in [1.82, 2.24) is 9.55 Å². The molecule has 1 amide bonds. The Morgan fingerprint density at radius 1 is 1.22 bits per heavy atom. The molecule has 0 spiro atoms. The van der Waals surface area contributed by atoms with Crippen LogP contribution in [0.3, 0.4) is 0 Å². The lowest BCUT2D eigenvalue weighted by atomic mass is 10.2. The molecule has 1 aromatic carbocycles. The Morgan fingerprint density at radius 2 is 1.88 bits per heavy atom. The summed E-state index contributed by atoms with van der Waals surface area (Å²) in [7, 11) is -2.39. The maximum absolute atomic E-state index is 12.8. The number of nitrogens with zero attached hydrogens (tertiary/aromatic N) is 2. The van der Waals surface area contributed by atoms with E-state index in [4.69, 9.17) is 9.16 Å². The van der Waals surface area contributed by atoms with Gasteiger partial charge >= 0.3 is 5.69 Å². The van der Waals surface area contributed by atoms with Crippen LogP contribution >= 0.6 is 0 Å². The number of aliphatic hydroxyl groups excluding tert-OH is 1. The number of carbonyl (C=O) groups is 2. The fourth-order valence-electron chi connectivity index (χ4n) is 3.04. The molecule has 0 radical (unpaired) electrons. The van der Waals surface area contributed by atoms with Crippen LogP contribution < -0.4 is 11.0 Å². The van der Waals surface area contributed by atoms with Crippen LogP contribution in [0.1, 0.15) is 37.4 Å². The monoisotopic (exact) mass is 459 g/mol. The molecular formula is C22H29N3O6Si. The zero-order chi connectivity index (χ0) is 23.7. The fraction of sp³-hybridized carbons (Fsp3) is 0.455. The molecule has 172 valence electrons. The molecule has 9 nitrogen and oxygen atoms in total. The Balaban J connectivity index is 1.87. The molecule has 2 heterocycles. The molecule has 3 atom stereocenters. The molecule has 0 bridgehead atoms. The summed E-state index contributed by atoms with van der Waals surface area (Å²) >= 11 is 0. The normalized spacial score (nSPS) is 21.6. The van der Waals surface area contributed by atoms with Crippen LogP contribution in [-0.4, -0.2) is 53.5 Å². The van der Waals surface area contributed by atoms with Crippen molar-refractivity contribution >= 4 is 25.8 Å². The van der Waals surface area contributed by atoms with Crippen LogP contribution in [0.15, 0.2) is 47.4 Å². The molecule has 10 heteroatoms. The molecule has 2 aromatic rings. The molecule has 0 aliphatic carbocycles. The summed E-state index contributed by atoms with van der Waals surface area (Å²) in [6.45, 7) is 9.59. The molecule has 32 heavy (non-hydrogen) atoms. The van der Waals surface area contributed by atoms with Gasteiger partial charge < -0.3 is 19.6 Å². The van der Waals surface area contributed by atoms with Gasteiger partial charge in [-0.2, -0.15) is 4.98 Å². The minimum atomic E-state index is -2.39. The smallest absolute Gasteiger partial charge is 0.351 e. The molecule has 2 N–H and O–H groups in total. The first-order valence-electron chi connectivity index (χ1n) is 10.4. The van der Waals surface area contributed by atoms with Gasteiger partial charge in [0, 0.05) is 11.8 Å². The SMILES string of the molecule is CC(C)(C)[Si](C)(C)OC1C(=O)C(CO)OC1n1ccc(NC(=O)c2ccccc2)nc1=O. The van der Waals surface area contributed by atoms with Crippen LogP contribution in [-0.2, 0) is 14.0 Å². The van der Waals surface area contributed by atoms with Gasteiger partial charge in [-0.25, -0.2) is 4.79 Å². The minimum absolute atomic E-state index is 0.0741. The van der Waals surface area contributed by atoms with E-state index in [1.807, 2.05) is 33.9 Å². The van der Waals surface area contributed by atoms with E-state index in [0.717, 1.165) is 4.57 Å². The zero-order valence-electron chi connectivity index (χ0n) is 18.9. The molecule has 1 saturated heterocycles. The number of benzene rings is 1. The molecule has 0 saturated carbocycles. The van der Waals surface area contributed by atoms with Gasteiger partial charge in [0.1, 0.15) is 11.9 Å². The summed E-state index contributed by atoms with van der Waals surface area (Å²) in [6, 6.07) is 10.00. The van der Waals surface area contributed by atoms with E-state index in [2.05, 4.69) is 10.3 Å². The predicted molar refractivity (Wildman–Crippen MR) is 121 cm³/mol. The van der Waals surface area contributed by atoms with Crippen molar-refractivity contribution in [1.29, 1.82) is 0 Å². The number of carbonyl (C=O) groups excluding carboxylic acids is 2. The Morgan fingerprint density at radius 3 is 2.44 bits per heavy atom. The van der Waals surface area contributed by atoms with Gasteiger partial charge in [-0.15, -0.1) is 0 Å². The Hall–Kier alpha value is -2.66. The standard InChI is InChI=1S/C22H29N3O6Si/c1-22(2,3)32(4,5)31-18-17(27)15(13-26)30-20(18)25-12-11-16(24-21(25)29)23-19(28)14-9-7-6-8-10-14/h6-12,15,18,20,26H,13H2,1-5H3,(H,23,24,28,29). The molecule has 1 aliphatic heterocycles. The third-order valence-electron chi connectivity index (χ3n) is 5.94. The zero-order valence-corrected chi connectivity index (χ0v) is 19.9. The second-order valence-corrected chi connectivity index (χ2v) is 14.0. The van der Waals surface area contributed by atoms with Crippen molar-refractivity contribution in [2.24, 2.45) is 0 Å². The van der Waals surface area contributed by atoms with E-state index < -0.39 is 50.7 Å². The van der Waals surface area contributed by atoms with Gasteiger partial charge in [0.05, 0.1) is 6.61 Å². The van der Waals surface area contributed by atoms with Crippen molar-refractivity contribution in [3.8, 4) is 0 Å². The Labute approximate surface area is 187 Å². The number of hydrogen-bond acceptors (Lipinski definition) is 7. The van der Waals surface area contributed by atoms with Gasteiger partial charge in [0.2, 0.25) is 0 Å². The van der Waals surface area contributed by atoms with E-state index in [1.54, 1.807) is 30.3 Å². The number of aliphatic hydroxyl groups is 1. The van der Waals surface area contributed by atoms with Crippen LogP contribution in [0.2, 0.25) is 18.1 Å². The topological polar surface area (TPSA) is 120 Å². The van der Waals surface area contributed by atoms with Gasteiger partial charge in [0.25, 0.3) is 5.91 Å². The van der Waals surface area contributed by atoms with Crippen LogP contribution in [0, 0.1) is 0 Å². The van der Waals surface area contributed by atoms with E-state index in [9.17, 15) is 19.5 Å². The molecule has 3 rings (SSSR count). The van der Waals surface area contributed by atoms with Gasteiger partial charge in [0.15, 0.2) is 26.4 Å². The summed E-state index contributed by atoms with van der Waals surface area (Å²) < 4.78 is 13.1. The number of anilines is 1. The number of ether oxygens (including phenoxy) is 1. The first-order valence-corrected chi connectivity index (χ1v) is 13.3. The molecule has 1 fully saturated rings. The lowest BCUT2D eigenvalue weighted by Crippen LogP contribution is -2.48. The number of nitrogens with one attached hydrogen (secondary N) is 1. The van der Waals surface area contributed by atoms with E-state index in [1.165, 1.54) is 12.3 Å². The summed E-state index contributed by atoms with van der Waals surface area (Å²) in [5.74, 6) is -0.734. The molecular weight excluding hydrogens is 430 g/mol. The maximum atomic E-state index is 12.8. The number of amides is 1. The first kappa shape index (κ1) is 24.0. The Bertz CT molecular complexity index is 1050. The summed E-state index contributed by atoms with van der Waals surface area (Å²) in [6.07, 6.45) is -1.79. The number of hydrogen-bond donors (Lipinski definition) is 2. The minimum Gasteiger partial charge on any atom is -0.403 e. The van der Waals surface area contributed by atoms with E-state index in [-0.39, 0.29) is 10.9 Å². The highest BCUT2D eigenvalue weighted by Crippen LogP contribution is 2.40. The van der Waals surface area contributed by atoms with Crippen molar-refractivity contribution in [3.05, 3.63) is 58.6 Å². The first-order chi connectivity index (χ1) is 14.9. The predicted octanol–water partition coefficient (Wildman–Crippen LogP) is 2.34. The summed E-state index contributed by atoms with van der Waals surface area (Å²) in [4.78, 5) is 41.8.